The van der Waals surface area contributed by atoms with E-state index in [0.29, 0.717) is 28.3 Å². The van der Waals surface area contributed by atoms with Gasteiger partial charge in [0.25, 0.3) is 5.56 Å². The van der Waals surface area contributed by atoms with E-state index in [9.17, 15) is 9.90 Å². The first-order valence-electron chi connectivity index (χ1n) is 11.6. The minimum absolute atomic E-state index is 0.0136. The number of nitrogens with zero attached hydrogens (tertiary/aromatic N) is 3. The summed E-state index contributed by atoms with van der Waals surface area (Å²) in [6, 6.07) is 7.59. The van der Waals surface area contributed by atoms with E-state index < -0.39 is 0 Å². The number of likely N-dealkylation sites (tertiary alicyclic amines) is 1. The van der Waals surface area contributed by atoms with Gasteiger partial charge in [0.2, 0.25) is 0 Å². The maximum atomic E-state index is 13.2. The molecule has 0 radical (unpaired) electrons. The highest BCUT2D eigenvalue weighted by Gasteiger charge is 2.26. The van der Waals surface area contributed by atoms with Crippen molar-refractivity contribution in [3.63, 3.8) is 0 Å². The van der Waals surface area contributed by atoms with Gasteiger partial charge in [-0.3, -0.25) is 14.3 Å². The third kappa shape index (κ3) is 5.36. The van der Waals surface area contributed by atoms with E-state index in [2.05, 4.69) is 15.2 Å². The highest BCUT2D eigenvalue weighted by Crippen LogP contribution is 2.32. The van der Waals surface area contributed by atoms with E-state index in [1.165, 1.54) is 11.3 Å². The number of nitrogens with one attached hydrogen (secondary N) is 1. The van der Waals surface area contributed by atoms with Gasteiger partial charge in [0.1, 0.15) is 22.9 Å². The van der Waals surface area contributed by atoms with Crippen molar-refractivity contribution in [1.29, 1.82) is 0 Å². The second-order valence-corrected chi connectivity index (χ2v) is 10.2. The number of rotatable bonds is 6. The molecule has 7 nitrogen and oxygen atoms in total. The molecule has 2 atom stereocenters. The van der Waals surface area contributed by atoms with Crippen molar-refractivity contribution < 1.29 is 9.84 Å². The summed E-state index contributed by atoms with van der Waals surface area (Å²) in [5.74, 6) is 0.764. The summed E-state index contributed by atoms with van der Waals surface area (Å²) in [6.07, 6.45) is 11.4. The molecular weight excluding hydrogens is 484 g/mol. The van der Waals surface area contributed by atoms with Crippen molar-refractivity contribution in [2.75, 3.05) is 31.5 Å². The molecule has 2 N–H and O–H groups in total. The lowest BCUT2D eigenvalue weighted by molar-refractivity contribution is 0.132. The van der Waals surface area contributed by atoms with Crippen LogP contribution in [0.15, 0.2) is 64.7 Å². The molecule has 0 bridgehead atoms. The summed E-state index contributed by atoms with van der Waals surface area (Å²) >= 11 is 7.48. The van der Waals surface area contributed by atoms with Gasteiger partial charge in [-0.15, -0.1) is 11.3 Å². The molecule has 4 heterocycles. The molecule has 0 spiro atoms. The van der Waals surface area contributed by atoms with Gasteiger partial charge in [-0.05, 0) is 55.8 Å². The number of allylic oxidation sites excluding steroid dienone is 5. The van der Waals surface area contributed by atoms with Gasteiger partial charge >= 0.3 is 0 Å². The largest absolute Gasteiger partial charge is 0.485 e. The van der Waals surface area contributed by atoms with Crippen LogP contribution >= 0.6 is 22.9 Å². The van der Waals surface area contributed by atoms with Crippen LogP contribution in [0.1, 0.15) is 18.2 Å². The Balaban J connectivity index is 1.34. The van der Waals surface area contributed by atoms with Crippen molar-refractivity contribution in [3.8, 4) is 11.4 Å². The summed E-state index contributed by atoms with van der Waals surface area (Å²) in [6.45, 7) is 4.95. The average Bonchev–Trinajstić information content (AvgIpc) is 3.45. The van der Waals surface area contributed by atoms with Gasteiger partial charge in [-0.2, -0.15) is 0 Å². The lowest BCUT2D eigenvalue weighted by Crippen LogP contribution is -2.41. The van der Waals surface area contributed by atoms with Gasteiger partial charge in [-0.25, -0.2) is 4.98 Å². The second-order valence-electron chi connectivity index (χ2n) is 8.70. The molecule has 182 valence electrons. The molecule has 0 saturated carbocycles. The van der Waals surface area contributed by atoms with E-state index in [4.69, 9.17) is 16.3 Å². The van der Waals surface area contributed by atoms with Crippen LogP contribution in [-0.4, -0.2) is 57.9 Å². The normalized spacial score (nSPS) is 21.1. The molecule has 2 aliphatic heterocycles. The highest BCUT2D eigenvalue weighted by atomic mass is 35.5. The van der Waals surface area contributed by atoms with E-state index >= 15 is 0 Å². The molecule has 1 fully saturated rings. The van der Waals surface area contributed by atoms with Crippen molar-refractivity contribution >= 4 is 44.9 Å². The summed E-state index contributed by atoms with van der Waals surface area (Å²) in [5.41, 5.74) is 2.15. The molecule has 1 aromatic carbocycles. The fourth-order valence-electron chi connectivity index (χ4n) is 4.37. The van der Waals surface area contributed by atoms with Crippen molar-refractivity contribution in [2.45, 2.75) is 25.6 Å². The third-order valence-electron chi connectivity index (χ3n) is 6.06. The summed E-state index contributed by atoms with van der Waals surface area (Å²) in [5, 5.41) is 13.8. The lowest BCUT2D eigenvalue weighted by Gasteiger charge is -2.30. The summed E-state index contributed by atoms with van der Waals surface area (Å²) in [7, 11) is 0. The molecular formula is C26H27ClN4O3S. The molecule has 2 aromatic heterocycles. The van der Waals surface area contributed by atoms with Crippen LogP contribution in [0, 0.1) is 0 Å². The van der Waals surface area contributed by atoms with Crippen LogP contribution in [0.2, 0.25) is 0 Å². The van der Waals surface area contributed by atoms with Crippen LogP contribution < -0.4 is 15.6 Å². The van der Waals surface area contributed by atoms with E-state index in [-0.39, 0.29) is 17.8 Å². The molecule has 1 unspecified atom stereocenters. The number of ether oxygens (including phenoxy) is 1. The Morgan fingerprint density at radius 3 is 3.09 bits per heavy atom. The number of fused-ring (bicyclic) bond motifs is 2. The summed E-state index contributed by atoms with van der Waals surface area (Å²) < 4.78 is 8.35. The van der Waals surface area contributed by atoms with Crippen LogP contribution in [-0.2, 0) is 0 Å². The number of aliphatic hydroxyl groups excluding tert-OH is 1. The Morgan fingerprint density at radius 2 is 2.29 bits per heavy atom. The van der Waals surface area contributed by atoms with Crippen molar-refractivity contribution in [2.24, 2.45) is 0 Å². The first kappa shape index (κ1) is 23.8. The Hall–Kier alpha value is -2.91. The first-order chi connectivity index (χ1) is 17.0. The molecule has 3 aromatic rings. The third-order valence-corrected chi connectivity index (χ3v) is 7.39. The standard InChI is InChI=1S/C26H27ClN4O3S/c1-2-4-17(27)5-3-6-21-12-23-25(35-21)26(33)31(16-29-23)18-7-8-24-22(11-18)28-13-20(34-24)15-30-10-9-19(32)14-30/h2-8,11-12,16,19-20,28,32H,9-10,13-15H2,1H3/b4-2-,6-3+,17-5+/t19-,20?/m1/s1. The van der Waals surface area contributed by atoms with E-state index in [1.54, 1.807) is 17.0 Å². The second kappa shape index (κ2) is 10.4. The average molecular weight is 511 g/mol. The fourth-order valence-corrected chi connectivity index (χ4v) is 5.52. The Morgan fingerprint density at radius 1 is 1.40 bits per heavy atom. The molecule has 5 rings (SSSR count). The number of halogens is 1. The zero-order valence-corrected chi connectivity index (χ0v) is 20.9. The molecule has 35 heavy (non-hydrogen) atoms. The van der Waals surface area contributed by atoms with Gasteiger partial charge in [0.05, 0.1) is 29.5 Å². The topological polar surface area (TPSA) is 79.6 Å². The van der Waals surface area contributed by atoms with Gasteiger partial charge in [0.15, 0.2) is 0 Å². The number of hydrogen-bond donors (Lipinski definition) is 2. The number of anilines is 1. The number of aromatic nitrogens is 2. The van der Waals surface area contributed by atoms with E-state index in [0.717, 1.165) is 41.5 Å². The van der Waals surface area contributed by atoms with Gasteiger partial charge < -0.3 is 15.2 Å². The predicted octanol–water partition coefficient (Wildman–Crippen LogP) is 4.40. The molecule has 9 heteroatoms. The fraction of sp³-hybridized carbons (Fsp3) is 0.308. The Bertz CT molecular complexity index is 1380. The maximum absolute atomic E-state index is 13.2. The number of aliphatic hydroxyl groups is 1. The zero-order chi connectivity index (χ0) is 24.4. The van der Waals surface area contributed by atoms with Crippen LogP contribution in [0.25, 0.3) is 22.0 Å². The van der Waals surface area contributed by atoms with Crippen LogP contribution in [0.4, 0.5) is 5.69 Å². The first-order valence-corrected chi connectivity index (χ1v) is 12.8. The maximum Gasteiger partial charge on any atom is 0.275 e. The van der Waals surface area contributed by atoms with Gasteiger partial charge in [0, 0.05) is 29.5 Å². The van der Waals surface area contributed by atoms with Crippen molar-refractivity contribution in [1.82, 2.24) is 14.5 Å². The monoisotopic (exact) mass is 510 g/mol. The number of hydrogen-bond acceptors (Lipinski definition) is 7. The zero-order valence-electron chi connectivity index (χ0n) is 19.4. The smallest absolute Gasteiger partial charge is 0.275 e. The number of benzene rings is 1. The highest BCUT2D eigenvalue weighted by molar-refractivity contribution is 7.19. The lowest BCUT2D eigenvalue weighted by atomic mass is 10.2. The number of thiophene rings is 1. The number of β-amino-alcohol motifs (C(OH)–C–C–N with tert-alkyl or cyclic N) is 1. The van der Waals surface area contributed by atoms with Crippen LogP contribution in [0.3, 0.4) is 0 Å². The molecule has 1 saturated heterocycles. The quantitative estimate of drug-likeness (QED) is 0.478. The Labute approximate surface area is 212 Å². The van der Waals surface area contributed by atoms with E-state index in [1.807, 2.05) is 55.5 Å². The molecule has 2 aliphatic rings. The minimum atomic E-state index is -0.236. The summed E-state index contributed by atoms with van der Waals surface area (Å²) in [4.78, 5) is 20.9. The SMILES string of the molecule is C\C=C/C(Cl)=C\C=C\c1cc2ncn(-c3ccc4c(c3)NCC(CN3CC[C@@H](O)C3)O4)c(=O)c2s1. The van der Waals surface area contributed by atoms with Crippen LogP contribution in [0.5, 0.6) is 5.75 Å². The van der Waals surface area contributed by atoms with Gasteiger partial charge in [-0.1, -0.05) is 23.8 Å². The molecule has 0 aliphatic carbocycles. The minimum Gasteiger partial charge on any atom is -0.485 e. The molecule has 0 amide bonds. The predicted molar refractivity (Wildman–Crippen MR) is 143 cm³/mol. The Kier molecular flexibility index (Phi) is 7.06. The van der Waals surface area contributed by atoms with Crippen molar-refractivity contribution in [3.05, 3.63) is 75.2 Å².